The summed E-state index contributed by atoms with van der Waals surface area (Å²) in [7, 11) is 0. The number of aromatic nitrogens is 2. The number of aliphatic imine (C=N–C) groups is 1. The molecule has 164 valence electrons. The Labute approximate surface area is 174 Å². The summed E-state index contributed by atoms with van der Waals surface area (Å²) in [5.74, 6) is -2.64. The van der Waals surface area contributed by atoms with E-state index in [0.29, 0.717) is 13.1 Å². The molecule has 0 bridgehead atoms. The van der Waals surface area contributed by atoms with Crippen LogP contribution in [0.15, 0.2) is 35.3 Å². The van der Waals surface area contributed by atoms with Crippen molar-refractivity contribution in [2.45, 2.75) is 32.5 Å². The summed E-state index contributed by atoms with van der Waals surface area (Å²) < 4.78 is 31.7. The zero-order valence-electron chi connectivity index (χ0n) is 15.9. The van der Waals surface area contributed by atoms with Crippen LogP contribution < -0.4 is 16.4 Å². The van der Waals surface area contributed by atoms with Gasteiger partial charge in [0.05, 0.1) is 0 Å². The Hall–Kier alpha value is -3.22. The zero-order chi connectivity index (χ0) is 22.6. The molecule has 0 saturated heterocycles. The number of carboxylic acid groups (broad SMARTS) is 1. The number of urea groups is 1. The van der Waals surface area contributed by atoms with Crippen LogP contribution in [0, 0.1) is 6.92 Å². The first kappa shape index (κ1) is 24.8. The predicted octanol–water partition coefficient (Wildman–Crippen LogP) is 2.23. The van der Waals surface area contributed by atoms with Gasteiger partial charge in [0.2, 0.25) is 0 Å². The van der Waals surface area contributed by atoms with Crippen LogP contribution in [0.1, 0.15) is 22.0 Å². The van der Waals surface area contributed by atoms with E-state index in [2.05, 4.69) is 25.8 Å². The van der Waals surface area contributed by atoms with Crippen LogP contribution in [-0.4, -0.2) is 46.0 Å². The second kappa shape index (κ2) is 12.4. The van der Waals surface area contributed by atoms with Crippen LogP contribution in [0.4, 0.5) is 18.0 Å². The van der Waals surface area contributed by atoms with Gasteiger partial charge in [-0.3, -0.25) is 10.3 Å². The fourth-order valence-electron chi connectivity index (χ4n) is 1.85. The number of carbonyl (C=O) groups is 2. The first-order valence-corrected chi connectivity index (χ1v) is 9.37. The van der Waals surface area contributed by atoms with E-state index in [1.807, 2.05) is 37.3 Å². The zero-order valence-corrected chi connectivity index (χ0v) is 16.8. The van der Waals surface area contributed by atoms with Gasteiger partial charge in [-0.15, -0.1) is 21.5 Å². The summed E-state index contributed by atoms with van der Waals surface area (Å²) in [6, 6.07) is 9.28. The summed E-state index contributed by atoms with van der Waals surface area (Å²) in [5.41, 5.74) is 6.70. The lowest BCUT2D eigenvalue weighted by molar-refractivity contribution is -0.192. The number of aliphatic carboxylic acids is 1. The summed E-state index contributed by atoms with van der Waals surface area (Å²) in [5, 5.41) is 22.3. The Bertz CT molecular complexity index is 843. The van der Waals surface area contributed by atoms with E-state index < -0.39 is 12.1 Å². The molecule has 0 fully saturated rings. The second-order valence-electron chi connectivity index (χ2n) is 5.68. The Morgan fingerprint density at radius 2 is 1.87 bits per heavy atom. The SMILES string of the molecule is Cc1nnc(CCCN=C(N)NC(=O)NCc2ccccc2)s1.O=C(O)C(F)(F)F. The van der Waals surface area contributed by atoms with Gasteiger partial charge in [0.25, 0.3) is 0 Å². The van der Waals surface area contributed by atoms with Crippen molar-refractivity contribution in [3.63, 3.8) is 0 Å². The average molecular weight is 446 g/mol. The van der Waals surface area contributed by atoms with Crippen molar-refractivity contribution >= 4 is 29.3 Å². The topological polar surface area (TPSA) is 143 Å². The molecule has 1 heterocycles. The van der Waals surface area contributed by atoms with Crippen molar-refractivity contribution in [2.75, 3.05) is 6.54 Å². The van der Waals surface area contributed by atoms with Crippen molar-refractivity contribution in [3.8, 4) is 0 Å². The molecule has 5 N–H and O–H groups in total. The molecule has 9 nitrogen and oxygen atoms in total. The second-order valence-corrected chi connectivity index (χ2v) is 6.95. The number of nitrogens with zero attached hydrogens (tertiary/aromatic N) is 3. The number of carbonyl (C=O) groups excluding carboxylic acids is 1. The summed E-state index contributed by atoms with van der Waals surface area (Å²) in [6.45, 7) is 2.90. The lowest BCUT2D eigenvalue weighted by atomic mass is 10.2. The number of alkyl halides is 3. The molecule has 0 aliphatic rings. The first-order chi connectivity index (χ1) is 14.1. The summed E-state index contributed by atoms with van der Waals surface area (Å²) in [4.78, 5) is 24.7. The molecule has 0 aliphatic carbocycles. The lowest BCUT2D eigenvalue weighted by Gasteiger charge is -2.07. The van der Waals surface area contributed by atoms with Crippen molar-refractivity contribution in [1.82, 2.24) is 20.8 Å². The van der Waals surface area contributed by atoms with E-state index >= 15 is 0 Å². The molecule has 0 spiro atoms. The number of nitrogens with one attached hydrogen (secondary N) is 2. The number of halogens is 3. The van der Waals surface area contributed by atoms with Gasteiger partial charge in [0.15, 0.2) is 5.96 Å². The van der Waals surface area contributed by atoms with Gasteiger partial charge >= 0.3 is 18.2 Å². The van der Waals surface area contributed by atoms with Gasteiger partial charge in [-0.25, -0.2) is 9.59 Å². The van der Waals surface area contributed by atoms with E-state index in [4.69, 9.17) is 15.6 Å². The molecule has 0 radical (unpaired) electrons. The maximum Gasteiger partial charge on any atom is 0.490 e. The Morgan fingerprint density at radius 1 is 1.23 bits per heavy atom. The van der Waals surface area contributed by atoms with E-state index in [0.717, 1.165) is 28.4 Å². The van der Waals surface area contributed by atoms with Crippen molar-refractivity contribution in [2.24, 2.45) is 10.7 Å². The van der Waals surface area contributed by atoms with Gasteiger partial charge in [0, 0.05) is 19.5 Å². The van der Waals surface area contributed by atoms with E-state index in [9.17, 15) is 18.0 Å². The molecule has 0 atom stereocenters. The largest absolute Gasteiger partial charge is 0.490 e. The number of nitrogens with two attached hydrogens (primary N) is 1. The fraction of sp³-hybridized carbons (Fsp3) is 0.353. The number of aryl methyl sites for hydroxylation is 2. The Kier molecular flexibility index (Phi) is 10.2. The minimum Gasteiger partial charge on any atom is -0.475 e. The lowest BCUT2D eigenvalue weighted by Crippen LogP contribution is -2.43. The molecule has 30 heavy (non-hydrogen) atoms. The molecule has 1 aromatic carbocycles. The van der Waals surface area contributed by atoms with Gasteiger partial charge in [-0.1, -0.05) is 30.3 Å². The number of guanidine groups is 1. The van der Waals surface area contributed by atoms with Crippen LogP contribution in [-0.2, 0) is 17.8 Å². The molecule has 2 amide bonds. The molecule has 0 unspecified atom stereocenters. The summed E-state index contributed by atoms with van der Waals surface area (Å²) >= 11 is 1.58. The molecule has 13 heteroatoms. The first-order valence-electron chi connectivity index (χ1n) is 8.55. The molecule has 0 saturated carbocycles. The third-order valence-electron chi connectivity index (χ3n) is 3.18. The number of carboxylic acids is 1. The minimum absolute atomic E-state index is 0.115. The number of hydrogen-bond donors (Lipinski definition) is 4. The molecular weight excluding hydrogens is 425 g/mol. The molecular formula is C17H21F3N6O3S. The minimum atomic E-state index is -5.08. The monoisotopic (exact) mass is 446 g/mol. The van der Waals surface area contributed by atoms with E-state index in [1.165, 1.54) is 0 Å². The maximum absolute atomic E-state index is 11.7. The summed E-state index contributed by atoms with van der Waals surface area (Å²) in [6.07, 6.45) is -3.47. The van der Waals surface area contributed by atoms with Crippen LogP contribution >= 0.6 is 11.3 Å². The van der Waals surface area contributed by atoms with Gasteiger partial charge in [-0.05, 0) is 18.9 Å². The standard InChI is InChI=1S/C15H20N6OS.C2HF3O2/c1-11-20-21-13(23-11)8-5-9-17-14(16)19-15(22)18-10-12-6-3-2-4-7-12;3-2(4,5)1(6)7/h2-4,6-7H,5,8-10H2,1H3,(H4,16,17,18,19,22);(H,6,7). The number of benzene rings is 1. The van der Waals surface area contributed by atoms with Crippen molar-refractivity contribution < 1.29 is 27.9 Å². The maximum atomic E-state index is 11.7. The van der Waals surface area contributed by atoms with Crippen LogP contribution in [0.25, 0.3) is 0 Å². The highest BCUT2D eigenvalue weighted by molar-refractivity contribution is 7.11. The van der Waals surface area contributed by atoms with Gasteiger partial charge in [0.1, 0.15) is 10.0 Å². The quantitative estimate of drug-likeness (QED) is 0.304. The highest BCUT2D eigenvalue weighted by Gasteiger charge is 2.38. The van der Waals surface area contributed by atoms with Crippen LogP contribution in [0.2, 0.25) is 0 Å². The highest BCUT2D eigenvalue weighted by atomic mass is 32.1. The average Bonchev–Trinajstić information content (AvgIpc) is 3.09. The highest BCUT2D eigenvalue weighted by Crippen LogP contribution is 2.13. The number of rotatable bonds is 6. The normalized spacial score (nSPS) is 11.3. The van der Waals surface area contributed by atoms with Crippen LogP contribution in [0.5, 0.6) is 0 Å². The number of hydrogen-bond acceptors (Lipinski definition) is 6. The van der Waals surface area contributed by atoms with Gasteiger partial charge in [-0.2, -0.15) is 13.2 Å². The fourth-order valence-corrected chi connectivity index (χ4v) is 2.60. The molecule has 1 aromatic heterocycles. The van der Waals surface area contributed by atoms with Crippen LogP contribution in [0.3, 0.4) is 0 Å². The van der Waals surface area contributed by atoms with Crippen molar-refractivity contribution in [3.05, 3.63) is 45.9 Å². The van der Waals surface area contributed by atoms with Gasteiger partial charge < -0.3 is 16.2 Å². The Morgan fingerprint density at radius 3 is 2.40 bits per heavy atom. The third kappa shape index (κ3) is 10.9. The predicted molar refractivity (Wildman–Crippen MR) is 105 cm³/mol. The Balaban J connectivity index is 0.000000553. The molecule has 0 aliphatic heterocycles. The molecule has 2 rings (SSSR count). The van der Waals surface area contributed by atoms with Crippen molar-refractivity contribution in [1.29, 1.82) is 0 Å². The third-order valence-corrected chi connectivity index (χ3v) is 4.08. The number of amides is 2. The van der Waals surface area contributed by atoms with E-state index in [1.54, 1.807) is 11.3 Å². The molecule has 2 aromatic rings. The van der Waals surface area contributed by atoms with E-state index in [-0.39, 0.29) is 12.0 Å². The smallest absolute Gasteiger partial charge is 0.475 e.